The Morgan fingerprint density at radius 3 is 2.35 bits per heavy atom. The van der Waals surface area contributed by atoms with Crippen LogP contribution in [0.4, 0.5) is 5.82 Å². The molecule has 0 aliphatic rings. The van der Waals surface area contributed by atoms with Crippen LogP contribution in [0.5, 0.6) is 17.2 Å². The van der Waals surface area contributed by atoms with E-state index in [1.807, 2.05) is 35.9 Å². The lowest BCUT2D eigenvalue weighted by atomic mass is 10.1. The number of aromatic nitrogens is 4. The van der Waals surface area contributed by atoms with Crippen LogP contribution in [-0.2, 0) is 13.6 Å². The van der Waals surface area contributed by atoms with Gasteiger partial charge in [0.1, 0.15) is 12.1 Å². The molecule has 0 unspecified atom stereocenters. The summed E-state index contributed by atoms with van der Waals surface area (Å²) in [4.78, 5) is 4.36. The van der Waals surface area contributed by atoms with Gasteiger partial charge in [0, 0.05) is 25.4 Å². The molecule has 0 spiro atoms. The molecule has 2 heterocycles. The Morgan fingerprint density at radius 1 is 1.04 bits per heavy atom. The monoisotopic (exact) mass is 355 g/mol. The van der Waals surface area contributed by atoms with E-state index in [0.29, 0.717) is 23.8 Å². The SMILES string of the molecule is COc1cc(CNc2cc(-c3nncn3C)ccn2)cc(OC)c1OC. The number of methoxy groups -OCH3 is 3. The van der Waals surface area contributed by atoms with Crippen molar-refractivity contribution in [2.45, 2.75) is 6.54 Å². The second-order valence-electron chi connectivity index (χ2n) is 5.58. The van der Waals surface area contributed by atoms with Crippen LogP contribution >= 0.6 is 0 Å². The first-order valence-electron chi connectivity index (χ1n) is 7.99. The largest absolute Gasteiger partial charge is 0.493 e. The third-order valence-corrected chi connectivity index (χ3v) is 3.93. The van der Waals surface area contributed by atoms with Gasteiger partial charge in [-0.05, 0) is 29.8 Å². The quantitative estimate of drug-likeness (QED) is 0.697. The number of benzene rings is 1. The van der Waals surface area contributed by atoms with E-state index in [0.717, 1.165) is 22.8 Å². The Labute approximate surface area is 151 Å². The predicted molar refractivity (Wildman–Crippen MR) is 97.7 cm³/mol. The molecule has 136 valence electrons. The summed E-state index contributed by atoms with van der Waals surface area (Å²) in [6.45, 7) is 0.548. The summed E-state index contributed by atoms with van der Waals surface area (Å²) in [5.41, 5.74) is 1.91. The predicted octanol–water partition coefficient (Wildman–Crippen LogP) is 2.52. The Bertz CT molecular complexity index is 869. The summed E-state index contributed by atoms with van der Waals surface area (Å²) in [7, 11) is 6.68. The Morgan fingerprint density at radius 2 is 1.77 bits per heavy atom. The van der Waals surface area contributed by atoms with E-state index in [4.69, 9.17) is 14.2 Å². The number of hydrogen-bond acceptors (Lipinski definition) is 7. The fraction of sp³-hybridized carbons (Fsp3) is 0.278. The number of hydrogen-bond donors (Lipinski definition) is 1. The molecule has 0 aliphatic carbocycles. The molecule has 0 aliphatic heterocycles. The average molecular weight is 355 g/mol. The molecular weight excluding hydrogens is 334 g/mol. The molecule has 3 rings (SSSR count). The summed E-state index contributed by atoms with van der Waals surface area (Å²) >= 11 is 0. The summed E-state index contributed by atoms with van der Waals surface area (Å²) in [6, 6.07) is 7.64. The van der Waals surface area contributed by atoms with Crippen molar-refractivity contribution in [2.75, 3.05) is 26.6 Å². The minimum absolute atomic E-state index is 0.548. The van der Waals surface area contributed by atoms with Crippen LogP contribution in [-0.4, -0.2) is 41.1 Å². The zero-order valence-corrected chi connectivity index (χ0v) is 15.2. The molecular formula is C18H21N5O3. The van der Waals surface area contributed by atoms with Crippen LogP contribution in [0, 0.1) is 0 Å². The van der Waals surface area contributed by atoms with E-state index in [9.17, 15) is 0 Å². The number of nitrogens with one attached hydrogen (secondary N) is 1. The molecule has 0 atom stereocenters. The van der Waals surface area contributed by atoms with Gasteiger partial charge in [0.2, 0.25) is 5.75 Å². The second-order valence-corrected chi connectivity index (χ2v) is 5.58. The van der Waals surface area contributed by atoms with Crippen LogP contribution in [0.1, 0.15) is 5.56 Å². The lowest BCUT2D eigenvalue weighted by Crippen LogP contribution is -2.04. The third kappa shape index (κ3) is 3.53. The van der Waals surface area contributed by atoms with Gasteiger partial charge in [-0.15, -0.1) is 10.2 Å². The molecule has 0 saturated heterocycles. The van der Waals surface area contributed by atoms with Gasteiger partial charge in [-0.2, -0.15) is 0 Å². The zero-order valence-electron chi connectivity index (χ0n) is 15.2. The molecule has 0 radical (unpaired) electrons. The van der Waals surface area contributed by atoms with E-state index >= 15 is 0 Å². The summed E-state index contributed by atoms with van der Waals surface area (Å²) in [5, 5.41) is 11.3. The minimum atomic E-state index is 0.548. The third-order valence-electron chi connectivity index (χ3n) is 3.93. The van der Waals surface area contributed by atoms with Gasteiger partial charge in [-0.25, -0.2) is 4.98 Å². The highest BCUT2D eigenvalue weighted by molar-refractivity contribution is 5.60. The fourth-order valence-corrected chi connectivity index (χ4v) is 2.64. The van der Waals surface area contributed by atoms with E-state index < -0.39 is 0 Å². The van der Waals surface area contributed by atoms with Crippen LogP contribution in [0.25, 0.3) is 11.4 Å². The molecule has 0 amide bonds. The van der Waals surface area contributed by atoms with Crippen molar-refractivity contribution < 1.29 is 14.2 Å². The van der Waals surface area contributed by atoms with Gasteiger partial charge < -0.3 is 24.1 Å². The van der Waals surface area contributed by atoms with Crippen molar-refractivity contribution in [3.05, 3.63) is 42.4 Å². The van der Waals surface area contributed by atoms with Crippen LogP contribution in [0.3, 0.4) is 0 Å². The van der Waals surface area contributed by atoms with Crippen molar-refractivity contribution >= 4 is 5.82 Å². The molecule has 8 nitrogen and oxygen atoms in total. The molecule has 1 N–H and O–H groups in total. The fourth-order valence-electron chi connectivity index (χ4n) is 2.64. The normalized spacial score (nSPS) is 10.5. The molecule has 0 fully saturated rings. The van der Waals surface area contributed by atoms with E-state index in [2.05, 4.69) is 20.5 Å². The number of nitrogens with zero attached hydrogens (tertiary/aromatic N) is 4. The maximum atomic E-state index is 5.39. The second kappa shape index (κ2) is 7.73. The maximum Gasteiger partial charge on any atom is 0.203 e. The number of rotatable bonds is 7. The first kappa shape index (κ1) is 17.5. The summed E-state index contributed by atoms with van der Waals surface area (Å²) in [5.74, 6) is 3.32. The highest BCUT2D eigenvalue weighted by Gasteiger charge is 2.13. The first-order valence-corrected chi connectivity index (χ1v) is 7.99. The molecule has 3 aromatic rings. The molecule has 1 aromatic carbocycles. The molecule has 26 heavy (non-hydrogen) atoms. The van der Waals surface area contributed by atoms with Crippen molar-refractivity contribution in [3.63, 3.8) is 0 Å². The van der Waals surface area contributed by atoms with Crippen molar-refractivity contribution in [1.82, 2.24) is 19.7 Å². The van der Waals surface area contributed by atoms with Gasteiger partial charge in [-0.3, -0.25) is 0 Å². The van der Waals surface area contributed by atoms with Crippen LogP contribution < -0.4 is 19.5 Å². The van der Waals surface area contributed by atoms with Gasteiger partial charge >= 0.3 is 0 Å². The van der Waals surface area contributed by atoms with Crippen LogP contribution in [0.2, 0.25) is 0 Å². The van der Waals surface area contributed by atoms with E-state index in [1.54, 1.807) is 33.9 Å². The highest BCUT2D eigenvalue weighted by Crippen LogP contribution is 2.38. The maximum absolute atomic E-state index is 5.39. The summed E-state index contributed by atoms with van der Waals surface area (Å²) < 4.78 is 18.0. The number of anilines is 1. The molecule has 0 saturated carbocycles. The van der Waals surface area contributed by atoms with Gasteiger partial charge in [0.05, 0.1) is 21.3 Å². The lowest BCUT2D eigenvalue weighted by Gasteiger charge is -2.14. The van der Waals surface area contributed by atoms with Crippen molar-refractivity contribution in [1.29, 1.82) is 0 Å². The topological polar surface area (TPSA) is 83.3 Å². The Kier molecular flexibility index (Phi) is 5.21. The summed E-state index contributed by atoms with van der Waals surface area (Å²) in [6.07, 6.45) is 3.40. The molecule has 8 heteroatoms. The number of pyridine rings is 1. The Hall–Kier alpha value is -3.29. The number of ether oxygens (including phenoxy) is 3. The molecule has 2 aromatic heterocycles. The van der Waals surface area contributed by atoms with Crippen molar-refractivity contribution in [2.24, 2.45) is 7.05 Å². The Balaban J connectivity index is 1.80. The van der Waals surface area contributed by atoms with Gasteiger partial charge in [-0.1, -0.05) is 0 Å². The van der Waals surface area contributed by atoms with Crippen molar-refractivity contribution in [3.8, 4) is 28.6 Å². The van der Waals surface area contributed by atoms with E-state index in [1.165, 1.54) is 0 Å². The average Bonchev–Trinajstić information content (AvgIpc) is 3.11. The minimum Gasteiger partial charge on any atom is -0.493 e. The van der Waals surface area contributed by atoms with Crippen LogP contribution in [0.15, 0.2) is 36.8 Å². The standard InChI is InChI=1S/C18H21N5O3/c1-23-11-21-22-18(23)13-5-6-19-16(9-13)20-10-12-7-14(24-2)17(26-4)15(8-12)25-3/h5-9,11H,10H2,1-4H3,(H,19,20). The highest BCUT2D eigenvalue weighted by atomic mass is 16.5. The first-order chi connectivity index (χ1) is 12.7. The zero-order chi connectivity index (χ0) is 18.5. The number of aryl methyl sites for hydroxylation is 1. The molecule has 0 bridgehead atoms. The smallest absolute Gasteiger partial charge is 0.203 e. The van der Waals surface area contributed by atoms with Gasteiger partial charge in [0.25, 0.3) is 0 Å². The van der Waals surface area contributed by atoms with E-state index in [-0.39, 0.29) is 0 Å². The van der Waals surface area contributed by atoms with Gasteiger partial charge in [0.15, 0.2) is 17.3 Å². The lowest BCUT2D eigenvalue weighted by molar-refractivity contribution is 0.324.